The summed E-state index contributed by atoms with van der Waals surface area (Å²) in [6.45, 7) is 3.70. The molecule has 1 rings (SSSR count). The highest BCUT2D eigenvalue weighted by Gasteiger charge is 2.04. The van der Waals surface area contributed by atoms with Crippen LogP contribution in [0.2, 0.25) is 0 Å². The largest absolute Gasteiger partial charge is 0.394 e. The molecule has 0 aliphatic rings. The summed E-state index contributed by atoms with van der Waals surface area (Å²) >= 11 is 0. The maximum Gasteiger partial charge on any atom is 0.394 e. The highest BCUT2D eigenvalue weighted by atomic mass is 32.3. The predicted molar refractivity (Wildman–Crippen MR) is 88.9 cm³/mol. The summed E-state index contributed by atoms with van der Waals surface area (Å²) in [4.78, 5) is 10.3. The molecule has 1 aromatic rings. The van der Waals surface area contributed by atoms with Crippen LogP contribution in [0.15, 0.2) is 36.9 Å². The Morgan fingerprint density at radius 3 is 2.26 bits per heavy atom. The topological polar surface area (TPSA) is 118 Å². The lowest BCUT2D eigenvalue weighted by Crippen LogP contribution is -1.91. The maximum absolute atomic E-state index is 10.6. The van der Waals surface area contributed by atoms with Crippen LogP contribution in [-0.2, 0) is 16.8 Å². The first-order valence-corrected chi connectivity index (χ1v) is 8.68. The Balaban J connectivity index is 0.000000841. The van der Waals surface area contributed by atoms with Crippen molar-refractivity contribution in [3.05, 3.63) is 52.6 Å². The predicted octanol–water partition coefficient (Wildman–Crippen LogP) is 4.01. The minimum atomic E-state index is -4.67. The van der Waals surface area contributed by atoms with Gasteiger partial charge in [0.25, 0.3) is 5.69 Å². The fraction of sp³-hybridized carbons (Fsp3) is 0.467. The third-order valence-electron chi connectivity index (χ3n) is 3.00. The van der Waals surface area contributed by atoms with E-state index in [9.17, 15) is 10.1 Å². The van der Waals surface area contributed by atoms with Crippen LogP contribution in [-0.4, -0.2) is 22.4 Å². The number of benzene rings is 1. The zero-order valence-corrected chi connectivity index (χ0v) is 13.7. The molecule has 8 heteroatoms. The third kappa shape index (κ3) is 14.9. The van der Waals surface area contributed by atoms with Crippen molar-refractivity contribution < 1.29 is 22.4 Å². The van der Waals surface area contributed by atoms with Crippen molar-refractivity contribution in [1.29, 1.82) is 0 Å². The summed E-state index contributed by atoms with van der Waals surface area (Å²) in [6, 6.07) is 6.94. The molecule has 0 fully saturated rings. The van der Waals surface area contributed by atoms with Crippen LogP contribution in [0.3, 0.4) is 0 Å². The molecule has 0 aromatic heterocycles. The number of non-ortho nitro benzene ring substituents is 1. The van der Waals surface area contributed by atoms with Gasteiger partial charge in [0, 0.05) is 12.1 Å². The summed E-state index contributed by atoms with van der Waals surface area (Å²) in [7, 11) is -4.67. The Morgan fingerprint density at radius 1 is 1.13 bits per heavy atom. The molecule has 0 saturated carbocycles. The molecule has 0 radical (unpaired) electrons. The second-order valence-corrected chi connectivity index (χ2v) is 5.87. The summed E-state index contributed by atoms with van der Waals surface area (Å²) in [5.74, 6) is 0. The van der Waals surface area contributed by atoms with Gasteiger partial charge in [0.1, 0.15) is 0 Å². The van der Waals surface area contributed by atoms with E-state index < -0.39 is 10.4 Å². The highest BCUT2D eigenvalue weighted by Crippen LogP contribution is 2.16. The van der Waals surface area contributed by atoms with Crippen LogP contribution in [0.5, 0.6) is 0 Å². The number of aryl methyl sites for hydroxylation is 1. The zero-order valence-electron chi connectivity index (χ0n) is 12.9. The Bertz CT molecular complexity index is 577. The number of hydrogen-bond acceptors (Lipinski definition) is 4. The van der Waals surface area contributed by atoms with Gasteiger partial charge in [-0.1, -0.05) is 37.5 Å². The van der Waals surface area contributed by atoms with E-state index in [0.717, 1.165) is 24.8 Å². The van der Waals surface area contributed by atoms with Crippen LogP contribution in [0.4, 0.5) is 5.69 Å². The van der Waals surface area contributed by atoms with Crippen molar-refractivity contribution in [3.63, 3.8) is 0 Å². The quantitative estimate of drug-likeness (QED) is 0.229. The van der Waals surface area contributed by atoms with Gasteiger partial charge in [0.15, 0.2) is 0 Å². The van der Waals surface area contributed by atoms with Gasteiger partial charge in [0.05, 0.1) is 4.92 Å². The van der Waals surface area contributed by atoms with Crippen LogP contribution in [0.25, 0.3) is 0 Å². The van der Waals surface area contributed by atoms with Gasteiger partial charge in [-0.2, -0.15) is 8.42 Å². The number of hydrogen-bond donors (Lipinski definition) is 2. The molecule has 0 amide bonds. The van der Waals surface area contributed by atoms with Crippen molar-refractivity contribution >= 4 is 16.1 Å². The van der Waals surface area contributed by atoms with E-state index in [4.69, 9.17) is 17.5 Å². The van der Waals surface area contributed by atoms with E-state index >= 15 is 0 Å². The van der Waals surface area contributed by atoms with E-state index in [-0.39, 0.29) is 10.6 Å². The average Bonchev–Trinajstić information content (AvgIpc) is 2.45. The van der Waals surface area contributed by atoms with Crippen molar-refractivity contribution in [2.45, 2.75) is 44.9 Å². The Labute approximate surface area is 136 Å². The van der Waals surface area contributed by atoms with Crippen LogP contribution in [0.1, 0.15) is 44.1 Å². The molecule has 1 aromatic carbocycles. The summed E-state index contributed by atoms with van der Waals surface area (Å²) in [5, 5.41) is 10.6. The van der Waals surface area contributed by atoms with Crippen molar-refractivity contribution in [3.8, 4) is 0 Å². The van der Waals surface area contributed by atoms with Gasteiger partial charge in [0.2, 0.25) is 0 Å². The zero-order chi connectivity index (χ0) is 17.7. The molecule has 2 N–H and O–H groups in total. The van der Waals surface area contributed by atoms with Gasteiger partial charge in [-0.15, -0.1) is 6.58 Å². The number of allylic oxidation sites excluding steroid dienone is 1. The lowest BCUT2D eigenvalue weighted by atomic mass is 10.0. The van der Waals surface area contributed by atoms with Gasteiger partial charge >= 0.3 is 10.4 Å². The molecular weight excluding hydrogens is 322 g/mol. The molecule has 0 aliphatic carbocycles. The smallest absolute Gasteiger partial charge is 0.264 e. The van der Waals surface area contributed by atoms with Gasteiger partial charge < -0.3 is 0 Å². The lowest BCUT2D eigenvalue weighted by Gasteiger charge is -2.02. The normalized spacial score (nSPS) is 10.5. The van der Waals surface area contributed by atoms with Crippen LogP contribution in [0, 0.1) is 10.1 Å². The molecule has 0 aliphatic heterocycles. The minimum Gasteiger partial charge on any atom is -0.264 e. The average molecular weight is 345 g/mol. The van der Waals surface area contributed by atoms with E-state index in [1.807, 2.05) is 12.1 Å². The monoisotopic (exact) mass is 345 g/mol. The Kier molecular flexibility index (Phi) is 10.8. The molecule has 0 atom stereocenters. The van der Waals surface area contributed by atoms with E-state index in [1.165, 1.54) is 25.7 Å². The molecule has 0 bridgehead atoms. The fourth-order valence-electron chi connectivity index (χ4n) is 1.97. The number of rotatable bonds is 9. The molecule has 0 unspecified atom stereocenters. The maximum atomic E-state index is 10.6. The lowest BCUT2D eigenvalue weighted by molar-refractivity contribution is -0.384. The highest BCUT2D eigenvalue weighted by molar-refractivity contribution is 7.79. The molecule has 7 nitrogen and oxygen atoms in total. The first-order chi connectivity index (χ1) is 10.7. The second-order valence-electron chi connectivity index (χ2n) is 4.97. The van der Waals surface area contributed by atoms with Crippen molar-refractivity contribution in [2.75, 3.05) is 0 Å². The first kappa shape index (κ1) is 21.2. The molecule has 0 heterocycles. The molecular formula is C15H23NO6S. The molecule has 23 heavy (non-hydrogen) atoms. The molecule has 0 spiro atoms. The van der Waals surface area contributed by atoms with E-state index in [2.05, 4.69) is 6.58 Å². The Hall–Kier alpha value is -1.77. The van der Waals surface area contributed by atoms with Crippen molar-refractivity contribution in [2.24, 2.45) is 0 Å². The Morgan fingerprint density at radius 2 is 1.70 bits per heavy atom. The fourth-order valence-corrected chi connectivity index (χ4v) is 1.97. The van der Waals surface area contributed by atoms with Crippen LogP contribution >= 0.6 is 0 Å². The summed E-state index contributed by atoms with van der Waals surface area (Å²) in [5.41, 5.74) is 1.26. The van der Waals surface area contributed by atoms with Crippen molar-refractivity contribution in [1.82, 2.24) is 0 Å². The number of nitro benzene ring substituents is 1. The SMILES string of the molecule is C=CCCCCCCCc1cccc([N+](=O)[O-])c1.O=S(=O)(O)O. The number of nitro groups is 1. The third-order valence-corrected chi connectivity index (χ3v) is 3.00. The van der Waals surface area contributed by atoms with Gasteiger partial charge in [-0.25, -0.2) is 0 Å². The molecule has 0 saturated heterocycles. The van der Waals surface area contributed by atoms with E-state index in [0.29, 0.717) is 0 Å². The first-order valence-electron chi connectivity index (χ1n) is 7.28. The minimum absolute atomic E-state index is 0.193. The summed E-state index contributed by atoms with van der Waals surface area (Å²) in [6.07, 6.45) is 10.0. The number of unbranched alkanes of at least 4 members (excludes halogenated alkanes) is 5. The summed E-state index contributed by atoms with van der Waals surface area (Å²) < 4.78 is 31.6. The van der Waals surface area contributed by atoms with Gasteiger partial charge in [-0.3, -0.25) is 19.2 Å². The second kappa shape index (κ2) is 11.8. The van der Waals surface area contributed by atoms with Gasteiger partial charge in [-0.05, 0) is 31.2 Å². The number of nitrogens with zero attached hydrogens (tertiary/aromatic N) is 1. The van der Waals surface area contributed by atoms with E-state index in [1.54, 1.807) is 18.2 Å². The molecule has 130 valence electrons. The standard InChI is InChI=1S/C15H21NO2.H2O4S/c1-2-3-4-5-6-7-8-10-14-11-9-12-15(13-14)16(17)18;1-5(2,3)4/h2,9,11-13H,1,3-8,10H2;(H2,1,2,3,4). The van der Waals surface area contributed by atoms with Crippen LogP contribution < -0.4 is 0 Å².